The Kier molecular flexibility index (Phi) is 26.8. The molecule has 0 spiro atoms. The maximum atomic E-state index is 14.7. The van der Waals surface area contributed by atoms with Gasteiger partial charge in [0.05, 0.1) is 35.9 Å². The minimum absolute atomic E-state index is 0.0652. The largest absolute Gasteiger partial charge is 0.481 e. The minimum Gasteiger partial charge on any atom is -0.481 e. The number of aliphatic carboxylic acids is 2. The third-order valence-electron chi connectivity index (χ3n) is 13.2. The molecule has 9 atom stereocenters. The van der Waals surface area contributed by atoms with Crippen molar-refractivity contribution in [2.75, 3.05) is 6.54 Å². The van der Waals surface area contributed by atoms with Crippen LogP contribution in [0.2, 0.25) is 0 Å². The standard InChI is InChI=1S/C61H90N8O14/c1-14-37(2)48(53(75)68-50(39(4)82-59(8,9)10)55(77)65-45(56(78)79)36-47(71)72)66-52(74)44(32-24-25-35-63-57(80)83-60(11,12)13)64-54(76)49(38(3)81-58(5,6)7)67-51(73)43(62)33-34-46(70)69-61(40-26-18-15-19-27-40,41-28-20-16-21-29-41)42-30-22-17-23-31-42/h15-23,26-31,37-39,43-45,48-50H,14,24-25,32-36,62H2,1-13H3,(H,63,80)(H,64,76)(H,65,77)(H,66,74)(H,67,73)(H,68,75)(H,69,70)(H,71,72)(H,78,79)/t37-,38+,39+,43-,44-,45-,48-,49-,50-/m0/s1. The number of benzene rings is 3. The average molecular weight is 1160 g/mol. The molecule has 458 valence electrons. The monoisotopic (exact) mass is 1160 g/mol. The smallest absolute Gasteiger partial charge is 0.407 e. The Morgan fingerprint density at radius 1 is 0.530 bits per heavy atom. The number of hydrogen-bond acceptors (Lipinski definition) is 13. The van der Waals surface area contributed by atoms with Gasteiger partial charge in [-0.1, -0.05) is 111 Å². The zero-order chi connectivity index (χ0) is 62.5. The van der Waals surface area contributed by atoms with Crippen LogP contribution in [-0.4, -0.2) is 135 Å². The fourth-order valence-corrected chi connectivity index (χ4v) is 9.12. The summed E-state index contributed by atoms with van der Waals surface area (Å²) in [7, 11) is 0. The number of amides is 7. The first-order valence-electron chi connectivity index (χ1n) is 28.2. The second kappa shape index (κ2) is 31.9. The summed E-state index contributed by atoms with van der Waals surface area (Å²) in [5.41, 5.74) is 5.26. The van der Waals surface area contributed by atoms with E-state index in [1.807, 2.05) is 91.0 Å². The van der Waals surface area contributed by atoms with Gasteiger partial charge in [0.2, 0.25) is 35.4 Å². The van der Waals surface area contributed by atoms with Gasteiger partial charge in [-0.25, -0.2) is 9.59 Å². The van der Waals surface area contributed by atoms with E-state index >= 15 is 0 Å². The van der Waals surface area contributed by atoms with Crippen molar-refractivity contribution in [2.45, 2.75) is 206 Å². The Bertz CT molecular complexity index is 2520. The fraction of sp³-hybridized carbons (Fsp3) is 0.557. The first-order valence-corrected chi connectivity index (χ1v) is 28.2. The second-order valence-corrected chi connectivity index (χ2v) is 23.7. The molecule has 0 heterocycles. The molecule has 7 amide bonds. The van der Waals surface area contributed by atoms with Crippen LogP contribution in [0.5, 0.6) is 0 Å². The molecule has 83 heavy (non-hydrogen) atoms. The van der Waals surface area contributed by atoms with Crippen LogP contribution in [0, 0.1) is 5.92 Å². The van der Waals surface area contributed by atoms with Gasteiger partial charge in [-0.2, -0.15) is 0 Å². The number of carbonyl (C=O) groups is 9. The molecule has 0 saturated heterocycles. The number of nitrogens with two attached hydrogens (primary N) is 1. The average Bonchev–Trinajstić information content (AvgIpc) is 3.33. The van der Waals surface area contributed by atoms with E-state index in [0.717, 1.165) is 16.7 Å². The summed E-state index contributed by atoms with van der Waals surface area (Å²) < 4.78 is 17.6. The van der Waals surface area contributed by atoms with Crippen molar-refractivity contribution < 1.29 is 67.6 Å². The number of unbranched alkanes of at least 4 members (excludes halogenated alkanes) is 1. The predicted octanol–water partition coefficient (Wildman–Crippen LogP) is 5.33. The van der Waals surface area contributed by atoms with Crippen molar-refractivity contribution in [1.29, 1.82) is 0 Å². The number of carboxylic acid groups (broad SMARTS) is 2. The number of ether oxygens (including phenoxy) is 3. The molecule has 22 nitrogen and oxygen atoms in total. The summed E-state index contributed by atoms with van der Waals surface area (Å²) in [6, 6.07) is 19.4. The van der Waals surface area contributed by atoms with E-state index in [-0.39, 0.29) is 32.2 Å². The molecule has 0 aliphatic rings. The molecule has 11 N–H and O–H groups in total. The van der Waals surface area contributed by atoms with Crippen LogP contribution in [0.15, 0.2) is 91.0 Å². The lowest BCUT2D eigenvalue weighted by Crippen LogP contribution is -2.63. The van der Waals surface area contributed by atoms with Gasteiger partial charge >= 0.3 is 18.0 Å². The lowest BCUT2D eigenvalue weighted by molar-refractivity contribution is -0.149. The molecule has 22 heteroatoms. The van der Waals surface area contributed by atoms with Crippen molar-refractivity contribution in [3.05, 3.63) is 108 Å². The quantitative estimate of drug-likeness (QED) is 0.0287. The molecule has 0 aromatic heterocycles. The van der Waals surface area contributed by atoms with Crippen molar-refractivity contribution in [1.82, 2.24) is 37.2 Å². The van der Waals surface area contributed by atoms with Crippen LogP contribution >= 0.6 is 0 Å². The maximum absolute atomic E-state index is 14.7. The zero-order valence-electron chi connectivity index (χ0n) is 50.4. The number of hydrogen-bond donors (Lipinski definition) is 10. The Balaban J connectivity index is 1.98. The highest BCUT2D eigenvalue weighted by molar-refractivity contribution is 5.97. The van der Waals surface area contributed by atoms with Crippen LogP contribution < -0.4 is 43.0 Å². The van der Waals surface area contributed by atoms with Gasteiger partial charge in [0, 0.05) is 13.0 Å². The van der Waals surface area contributed by atoms with E-state index in [1.165, 1.54) is 6.92 Å². The first kappa shape index (κ1) is 69.8. The van der Waals surface area contributed by atoms with Crippen LogP contribution in [0.25, 0.3) is 0 Å². The summed E-state index contributed by atoms with van der Waals surface area (Å²) in [6.45, 7) is 22.0. The highest BCUT2D eigenvalue weighted by Gasteiger charge is 2.41. The molecule has 0 unspecified atom stereocenters. The summed E-state index contributed by atoms with van der Waals surface area (Å²) >= 11 is 0. The van der Waals surface area contributed by atoms with Gasteiger partial charge in [0.1, 0.15) is 41.3 Å². The van der Waals surface area contributed by atoms with E-state index in [2.05, 4.69) is 37.2 Å². The van der Waals surface area contributed by atoms with E-state index in [1.54, 1.807) is 83.1 Å². The van der Waals surface area contributed by atoms with Crippen LogP contribution in [0.1, 0.15) is 152 Å². The third-order valence-corrected chi connectivity index (χ3v) is 13.2. The number of carbonyl (C=O) groups excluding carboxylic acids is 7. The fourth-order valence-electron chi connectivity index (χ4n) is 9.12. The molecule has 3 aromatic rings. The number of rotatable bonds is 31. The van der Waals surface area contributed by atoms with E-state index in [9.17, 15) is 53.4 Å². The lowest BCUT2D eigenvalue weighted by atomic mass is 9.77. The molecule has 3 rings (SSSR count). The van der Waals surface area contributed by atoms with Crippen LogP contribution in [0.4, 0.5) is 4.79 Å². The van der Waals surface area contributed by atoms with Gasteiger partial charge in [0.25, 0.3) is 0 Å². The normalized spacial score (nSPS) is 15.2. The zero-order valence-corrected chi connectivity index (χ0v) is 50.4. The summed E-state index contributed by atoms with van der Waals surface area (Å²) in [4.78, 5) is 122. The molecular formula is C61H90N8O14. The maximum Gasteiger partial charge on any atom is 0.407 e. The highest BCUT2D eigenvalue weighted by Crippen LogP contribution is 2.37. The van der Waals surface area contributed by atoms with E-state index < -0.39 is 137 Å². The first-order chi connectivity index (χ1) is 38.7. The van der Waals surface area contributed by atoms with Crippen molar-refractivity contribution in [3.8, 4) is 0 Å². The van der Waals surface area contributed by atoms with Gasteiger partial charge in [-0.15, -0.1) is 0 Å². The third kappa shape index (κ3) is 23.4. The summed E-state index contributed by atoms with van der Waals surface area (Å²) in [6.07, 6.45) is -3.40. The molecular weight excluding hydrogens is 1070 g/mol. The Morgan fingerprint density at radius 3 is 1.36 bits per heavy atom. The van der Waals surface area contributed by atoms with Gasteiger partial charge in [0.15, 0.2) is 0 Å². The number of alkyl carbamates (subject to hydrolysis) is 1. The molecule has 0 aliphatic heterocycles. The number of carboxylic acids is 2. The van der Waals surface area contributed by atoms with Crippen LogP contribution in [-0.2, 0) is 58.1 Å². The summed E-state index contributed by atoms with van der Waals surface area (Å²) in [5.74, 6) is -8.65. The topological polar surface area (TPSA) is 332 Å². The van der Waals surface area contributed by atoms with Gasteiger partial charge in [-0.05, 0) is 124 Å². The molecule has 3 aromatic carbocycles. The molecule has 0 aliphatic carbocycles. The highest BCUT2D eigenvalue weighted by atomic mass is 16.6. The Hall–Kier alpha value is -7.43. The molecule has 0 saturated carbocycles. The second-order valence-electron chi connectivity index (χ2n) is 23.7. The lowest BCUT2D eigenvalue weighted by Gasteiger charge is -2.37. The van der Waals surface area contributed by atoms with Crippen molar-refractivity contribution >= 4 is 53.5 Å². The van der Waals surface area contributed by atoms with Gasteiger partial charge < -0.3 is 67.4 Å². The SMILES string of the molecule is CC[C@H](C)[C@H](NC(=O)[C@H](CCCCNC(=O)OC(C)(C)C)NC(=O)[C@@H](NC(=O)[C@@H](N)CCC(=O)NC(c1ccccc1)(c1ccccc1)c1ccccc1)[C@@H](C)OC(C)(C)C)C(=O)N[C@H](C(=O)N[C@@H](CC(=O)O)C(=O)O)[C@@H](C)OC(C)(C)C. The van der Waals surface area contributed by atoms with Gasteiger partial charge in [-0.3, -0.25) is 33.6 Å². The molecule has 0 fully saturated rings. The Morgan fingerprint density at radius 2 is 0.952 bits per heavy atom. The molecule has 0 radical (unpaired) electrons. The van der Waals surface area contributed by atoms with Crippen molar-refractivity contribution in [2.24, 2.45) is 11.7 Å². The minimum atomic E-state index is -1.87. The molecule has 0 bridgehead atoms. The van der Waals surface area contributed by atoms with E-state index in [0.29, 0.717) is 12.8 Å². The van der Waals surface area contributed by atoms with Crippen LogP contribution in [0.3, 0.4) is 0 Å². The Labute approximate surface area is 488 Å². The predicted molar refractivity (Wildman–Crippen MR) is 312 cm³/mol. The van der Waals surface area contributed by atoms with Crippen molar-refractivity contribution in [3.63, 3.8) is 0 Å². The summed E-state index contributed by atoms with van der Waals surface area (Å²) in [5, 5.41) is 38.0. The van der Waals surface area contributed by atoms with E-state index in [4.69, 9.17) is 19.9 Å². The number of nitrogens with one attached hydrogen (secondary N) is 7.